The Morgan fingerprint density at radius 1 is 1.05 bits per heavy atom. The lowest BCUT2D eigenvalue weighted by molar-refractivity contribution is -0.113. The van der Waals surface area contributed by atoms with E-state index in [0.717, 1.165) is 16.6 Å². The van der Waals surface area contributed by atoms with Crippen LogP contribution in [-0.2, 0) is 9.59 Å². The van der Waals surface area contributed by atoms with E-state index < -0.39 is 0 Å². The molecule has 1 aromatic carbocycles. The molecule has 0 unspecified atom stereocenters. The van der Waals surface area contributed by atoms with Crippen molar-refractivity contribution in [3.05, 3.63) is 62.9 Å². The molecule has 0 bridgehead atoms. The number of hydrogen-bond acceptors (Lipinski definition) is 4. The van der Waals surface area contributed by atoms with Gasteiger partial charge in [-0.25, -0.2) is 0 Å². The third-order valence-electron chi connectivity index (χ3n) is 2.98. The lowest BCUT2D eigenvalue weighted by Crippen LogP contribution is -2.15. The Labute approximate surface area is 121 Å². The Balaban J connectivity index is 2.28. The summed E-state index contributed by atoms with van der Waals surface area (Å²) in [6, 6.07) is 5.03. The molecule has 1 heterocycles. The van der Waals surface area contributed by atoms with Crippen molar-refractivity contribution in [1.29, 1.82) is 0 Å². The average Bonchev–Trinajstić information content (AvgIpc) is 2.43. The molecule has 2 aromatic rings. The van der Waals surface area contributed by atoms with E-state index in [1.807, 2.05) is 0 Å². The molecule has 0 saturated heterocycles. The number of carbonyl (C=O) groups is 2. The number of carbonyl (C=O) groups excluding carboxylic acids is 2. The van der Waals surface area contributed by atoms with Crippen LogP contribution >= 0.6 is 15.9 Å². The number of hydrogen-bond donors (Lipinski definition) is 0. The van der Waals surface area contributed by atoms with Gasteiger partial charge in [0, 0.05) is 10.0 Å². The van der Waals surface area contributed by atoms with Crippen LogP contribution in [0.1, 0.15) is 5.56 Å². The molecule has 0 saturated carbocycles. The predicted octanol–water partition coefficient (Wildman–Crippen LogP) is 2.65. The van der Waals surface area contributed by atoms with Gasteiger partial charge < -0.3 is 4.42 Å². The van der Waals surface area contributed by atoms with Crippen LogP contribution in [0.3, 0.4) is 0 Å². The zero-order valence-electron chi connectivity index (χ0n) is 10.1. The van der Waals surface area contributed by atoms with Crippen molar-refractivity contribution >= 4 is 44.0 Å². The Morgan fingerprint density at radius 3 is 2.65 bits per heavy atom. The highest BCUT2D eigenvalue weighted by Gasteiger charge is 2.19. The molecule has 0 amide bonds. The molecule has 0 atom stereocenters. The van der Waals surface area contributed by atoms with Crippen LogP contribution in [0.2, 0.25) is 0 Å². The lowest BCUT2D eigenvalue weighted by atomic mass is 9.97. The maximum absolute atomic E-state index is 12.4. The normalized spacial score (nSPS) is 14.8. The summed E-state index contributed by atoms with van der Waals surface area (Å²) >= 11 is 3.28. The van der Waals surface area contributed by atoms with E-state index in [2.05, 4.69) is 15.9 Å². The molecule has 0 spiro atoms. The van der Waals surface area contributed by atoms with Crippen LogP contribution in [-0.4, -0.2) is 11.6 Å². The van der Waals surface area contributed by atoms with E-state index in [1.54, 1.807) is 18.2 Å². The molecule has 4 nitrogen and oxygen atoms in total. The molecule has 0 radical (unpaired) electrons. The molecule has 1 aliphatic rings. The first-order chi connectivity index (χ1) is 9.56. The zero-order chi connectivity index (χ0) is 14.3. The zero-order valence-corrected chi connectivity index (χ0v) is 11.6. The number of allylic oxidation sites excluding steroid dienone is 4. The molecule has 0 N–H and O–H groups in total. The second kappa shape index (κ2) is 4.68. The molecule has 1 aliphatic carbocycles. The van der Waals surface area contributed by atoms with Crippen molar-refractivity contribution in [2.75, 3.05) is 0 Å². The second-order valence-corrected chi connectivity index (χ2v) is 5.19. The van der Waals surface area contributed by atoms with Crippen LogP contribution in [0.5, 0.6) is 0 Å². The van der Waals surface area contributed by atoms with Crippen molar-refractivity contribution in [2.45, 2.75) is 0 Å². The van der Waals surface area contributed by atoms with E-state index >= 15 is 0 Å². The maximum atomic E-state index is 12.4. The Morgan fingerprint density at radius 2 is 1.85 bits per heavy atom. The summed E-state index contributed by atoms with van der Waals surface area (Å²) in [6.45, 7) is 0. The first-order valence-electron chi connectivity index (χ1n) is 5.76. The van der Waals surface area contributed by atoms with Crippen molar-refractivity contribution in [2.24, 2.45) is 0 Å². The minimum absolute atomic E-state index is 0.0631. The van der Waals surface area contributed by atoms with E-state index in [9.17, 15) is 14.4 Å². The molecular weight excluding hydrogens is 324 g/mol. The summed E-state index contributed by atoms with van der Waals surface area (Å²) in [7, 11) is 0. The quantitative estimate of drug-likeness (QED) is 0.754. The Hall–Kier alpha value is -2.27. The van der Waals surface area contributed by atoms with E-state index in [-0.39, 0.29) is 28.1 Å². The second-order valence-electron chi connectivity index (χ2n) is 4.28. The van der Waals surface area contributed by atoms with Gasteiger partial charge >= 0.3 is 0 Å². The maximum Gasteiger partial charge on any atom is 0.200 e. The summed E-state index contributed by atoms with van der Waals surface area (Å²) in [5.41, 5.74) is 0.245. The standard InChI is InChI=1S/C15H7BrO4/c16-8-1-4-14-11(5-8)15(19)12(7-20-14)10-6-9(17)2-3-13(10)18/h1-7H. The highest BCUT2D eigenvalue weighted by molar-refractivity contribution is 9.10. The van der Waals surface area contributed by atoms with Crippen LogP contribution in [0, 0.1) is 0 Å². The van der Waals surface area contributed by atoms with E-state index in [0.29, 0.717) is 11.0 Å². The fourth-order valence-electron chi connectivity index (χ4n) is 2.01. The largest absolute Gasteiger partial charge is 0.463 e. The summed E-state index contributed by atoms with van der Waals surface area (Å²) in [5, 5.41) is 0.354. The highest BCUT2D eigenvalue weighted by Crippen LogP contribution is 2.22. The van der Waals surface area contributed by atoms with Crippen LogP contribution in [0.25, 0.3) is 16.5 Å². The van der Waals surface area contributed by atoms with Crippen molar-refractivity contribution in [3.8, 4) is 0 Å². The first-order valence-corrected chi connectivity index (χ1v) is 6.55. The molecular formula is C15H7BrO4. The third kappa shape index (κ3) is 2.06. The number of halogens is 1. The van der Waals surface area contributed by atoms with Crippen LogP contribution in [0.4, 0.5) is 0 Å². The minimum Gasteiger partial charge on any atom is -0.463 e. The van der Waals surface area contributed by atoms with Crippen molar-refractivity contribution in [1.82, 2.24) is 0 Å². The summed E-state index contributed by atoms with van der Waals surface area (Å²) in [6.07, 6.45) is 4.69. The third-order valence-corrected chi connectivity index (χ3v) is 3.47. The van der Waals surface area contributed by atoms with Crippen LogP contribution < -0.4 is 5.43 Å². The molecule has 0 aliphatic heterocycles. The van der Waals surface area contributed by atoms with Crippen molar-refractivity contribution in [3.63, 3.8) is 0 Å². The lowest BCUT2D eigenvalue weighted by Gasteiger charge is -2.07. The molecule has 1 aromatic heterocycles. The number of ketones is 2. The van der Waals surface area contributed by atoms with Gasteiger partial charge in [0.2, 0.25) is 5.43 Å². The highest BCUT2D eigenvalue weighted by atomic mass is 79.9. The number of fused-ring (bicyclic) bond motifs is 1. The SMILES string of the molecule is O=C1C=CC(=O)C(c2coc3ccc(Br)cc3c2=O)=C1. The van der Waals surface area contributed by atoms with Crippen molar-refractivity contribution < 1.29 is 14.0 Å². The summed E-state index contributed by atoms with van der Waals surface area (Å²) < 4.78 is 6.10. The number of benzene rings is 1. The number of rotatable bonds is 1. The van der Waals surface area contributed by atoms with Gasteiger partial charge in [-0.3, -0.25) is 14.4 Å². The summed E-state index contributed by atoms with van der Waals surface area (Å²) in [4.78, 5) is 35.6. The van der Waals surface area contributed by atoms with Gasteiger partial charge in [0.05, 0.1) is 10.9 Å². The molecule has 3 rings (SSSR count). The predicted molar refractivity (Wildman–Crippen MR) is 77.3 cm³/mol. The van der Waals surface area contributed by atoms with Gasteiger partial charge in [-0.1, -0.05) is 15.9 Å². The fraction of sp³-hybridized carbons (Fsp3) is 0. The summed E-state index contributed by atoms with van der Waals surface area (Å²) in [5.74, 6) is -0.709. The van der Waals surface area contributed by atoms with E-state index in [1.165, 1.54) is 12.3 Å². The van der Waals surface area contributed by atoms with Gasteiger partial charge in [-0.2, -0.15) is 0 Å². The topological polar surface area (TPSA) is 64.3 Å². The minimum atomic E-state index is -0.383. The molecule has 5 heteroatoms. The van der Waals surface area contributed by atoms with Gasteiger partial charge in [0.1, 0.15) is 11.8 Å². The van der Waals surface area contributed by atoms with E-state index in [4.69, 9.17) is 4.42 Å². The van der Waals surface area contributed by atoms with Gasteiger partial charge in [-0.05, 0) is 36.4 Å². The van der Waals surface area contributed by atoms with Crippen LogP contribution in [0.15, 0.2) is 56.4 Å². The fourth-order valence-corrected chi connectivity index (χ4v) is 2.37. The average molecular weight is 331 g/mol. The first kappa shape index (κ1) is 12.7. The molecule has 98 valence electrons. The smallest absolute Gasteiger partial charge is 0.200 e. The molecule has 0 fully saturated rings. The molecule has 20 heavy (non-hydrogen) atoms. The van der Waals surface area contributed by atoms with Gasteiger partial charge in [-0.15, -0.1) is 0 Å². The Bertz CT molecular complexity index is 871. The Kier molecular flexibility index (Phi) is 2.99. The van der Waals surface area contributed by atoms with Gasteiger partial charge in [0.25, 0.3) is 0 Å². The van der Waals surface area contributed by atoms with Gasteiger partial charge in [0.15, 0.2) is 11.6 Å². The monoisotopic (exact) mass is 330 g/mol.